The summed E-state index contributed by atoms with van der Waals surface area (Å²) in [5.74, 6) is 0.267. The zero-order chi connectivity index (χ0) is 22.1. The van der Waals surface area contributed by atoms with Crippen molar-refractivity contribution in [3.05, 3.63) is 29.8 Å². The van der Waals surface area contributed by atoms with Gasteiger partial charge in [-0.25, -0.2) is 0 Å². The summed E-state index contributed by atoms with van der Waals surface area (Å²) >= 11 is 0. The number of nitrogens with zero attached hydrogens (tertiary/aromatic N) is 2. The Morgan fingerprint density at radius 2 is 1.97 bits per heavy atom. The molecule has 2 amide bonds. The van der Waals surface area contributed by atoms with Crippen LogP contribution in [0.5, 0.6) is 0 Å². The normalized spacial score (nSPS) is 38.9. The summed E-state index contributed by atoms with van der Waals surface area (Å²) in [6.07, 6.45) is 0.309. The monoisotopic (exact) mass is 444 g/mol. The maximum Gasteiger partial charge on any atom is 0.224 e. The molecule has 6 unspecified atom stereocenters. The van der Waals surface area contributed by atoms with Crippen LogP contribution < -0.4 is 4.90 Å². The lowest BCUT2D eigenvalue weighted by Gasteiger charge is -2.61. The second kappa shape index (κ2) is 8.12. The Morgan fingerprint density at radius 1 is 1.25 bits per heavy atom. The number of carbonyl (C=O) groups is 2. The molecular weight excluding hydrogens is 408 g/mol. The molecule has 4 aliphatic rings. The fourth-order valence-electron chi connectivity index (χ4n) is 7.00. The molecule has 32 heavy (non-hydrogen) atoms. The molecule has 1 aromatic carbocycles. The van der Waals surface area contributed by atoms with Gasteiger partial charge in [-0.3, -0.25) is 9.59 Å². The van der Waals surface area contributed by atoms with E-state index in [4.69, 9.17) is 9.47 Å². The van der Waals surface area contributed by atoms with Gasteiger partial charge in [-0.15, -0.1) is 0 Å². The molecule has 1 aliphatic carbocycles. The van der Waals surface area contributed by atoms with E-state index in [1.54, 1.807) is 25.8 Å². The van der Waals surface area contributed by atoms with Crippen molar-refractivity contribution in [2.75, 3.05) is 25.1 Å². The lowest BCUT2D eigenvalue weighted by Crippen LogP contribution is -2.70. The van der Waals surface area contributed by atoms with Crippen LogP contribution in [0, 0.1) is 17.8 Å². The van der Waals surface area contributed by atoms with E-state index in [-0.39, 0.29) is 55.2 Å². The number of anilines is 1. The summed E-state index contributed by atoms with van der Waals surface area (Å²) in [4.78, 5) is 28.6. The van der Waals surface area contributed by atoms with E-state index >= 15 is 0 Å². The first-order chi connectivity index (χ1) is 14.8. The van der Waals surface area contributed by atoms with Gasteiger partial charge in [0, 0.05) is 50.4 Å². The Bertz CT molecular complexity index is 906. The third-order valence-corrected chi connectivity index (χ3v) is 8.45. The van der Waals surface area contributed by atoms with Crippen molar-refractivity contribution in [1.29, 1.82) is 0 Å². The number of ether oxygens (including phenoxy) is 2. The van der Waals surface area contributed by atoms with Crippen molar-refractivity contribution in [2.45, 2.75) is 71.0 Å². The SMILES string of the molecule is C.CC(=O)N(C)CCC12c3ccccc3N(C(C)=O)C1C1COC(C)C3C1C[C@@H]2O[C@@H]3O. The van der Waals surface area contributed by atoms with Crippen LogP contribution in [0.3, 0.4) is 0 Å². The number of aliphatic hydroxyl groups is 1. The topological polar surface area (TPSA) is 79.3 Å². The Balaban J connectivity index is 0.00000245. The van der Waals surface area contributed by atoms with Gasteiger partial charge in [-0.2, -0.15) is 0 Å². The standard InChI is InChI=1S/C24H32N2O5.CH4/c1-13-21-16-11-20(31-23(21)29)24(9-10-25(4)14(2)27)18-7-5-6-8-19(18)26(15(3)28)22(24)17(16)12-30-13;/h5-8,13,16-17,20-23,29H,9-12H2,1-4H3;1H4/t13?,16?,17?,20-,21?,22?,23-,24?;/m0./s1. The van der Waals surface area contributed by atoms with Crippen LogP contribution >= 0.6 is 0 Å². The number of hydrogen-bond acceptors (Lipinski definition) is 5. The molecule has 8 atom stereocenters. The van der Waals surface area contributed by atoms with Crippen LogP contribution in [0.25, 0.3) is 0 Å². The number of fused-ring (bicyclic) bond motifs is 6. The molecule has 0 aromatic heterocycles. The number of hydrogen-bond donors (Lipinski definition) is 1. The maximum atomic E-state index is 13.0. The largest absolute Gasteiger partial charge is 0.378 e. The van der Waals surface area contributed by atoms with Crippen LogP contribution in [0.1, 0.15) is 46.6 Å². The Hall–Kier alpha value is -1.96. The van der Waals surface area contributed by atoms with Crippen molar-refractivity contribution in [2.24, 2.45) is 17.8 Å². The molecule has 2 bridgehead atoms. The minimum Gasteiger partial charge on any atom is -0.378 e. The van der Waals surface area contributed by atoms with Gasteiger partial charge in [0.25, 0.3) is 0 Å². The molecule has 0 spiro atoms. The molecule has 1 saturated carbocycles. The number of benzene rings is 1. The summed E-state index contributed by atoms with van der Waals surface area (Å²) in [5, 5.41) is 11.0. The molecule has 3 heterocycles. The van der Waals surface area contributed by atoms with Crippen molar-refractivity contribution >= 4 is 17.5 Å². The second-order valence-electron chi connectivity index (χ2n) is 9.78. The van der Waals surface area contributed by atoms with Gasteiger partial charge in [-0.1, -0.05) is 25.6 Å². The first-order valence-corrected chi connectivity index (χ1v) is 11.3. The van der Waals surface area contributed by atoms with Gasteiger partial charge < -0.3 is 24.4 Å². The summed E-state index contributed by atoms with van der Waals surface area (Å²) in [5.41, 5.74) is 1.51. The number of para-hydroxylation sites is 1. The van der Waals surface area contributed by atoms with Crippen LogP contribution in [-0.2, 0) is 24.5 Å². The van der Waals surface area contributed by atoms with Gasteiger partial charge in [-0.05, 0) is 37.3 Å². The summed E-state index contributed by atoms with van der Waals surface area (Å²) in [6.45, 7) is 6.31. The molecule has 3 aliphatic heterocycles. The molecule has 2 saturated heterocycles. The maximum absolute atomic E-state index is 13.0. The van der Waals surface area contributed by atoms with E-state index in [9.17, 15) is 14.7 Å². The number of amides is 2. The van der Waals surface area contributed by atoms with Gasteiger partial charge in [0.2, 0.25) is 11.8 Å². The summed E-state index contributed by atoms with van der Waals surface area (Å²) < 4.78 is 12.5. The molecule has 1 aromatic rings. The molecule has 1 N–H and O–H groups in total. The first kappa shape index (κ1) is 23.2. The van der Waals surface area contributed by atoms with Gasteiger partial charge >= 0.3 is 0 Å². The van der Waals surface area contributed by atoms with E-state index in [1.807, 2.05) is 30.0 Å². The number of carbonyl (C=O) groups excluding carboxylic acids is 2. The number of aliphatic hydroxyl groups excluding tert-OH is 1. The van der Waals surface area contributed by atoms with Crippen LogP contribution in [0.15, 0.2) is 24.3 Å². The van der Waals surface area contributed by atoms with Gasteiger partial charge in [0.1, 0.15) is 0 Å². The average molecular weight is 445 g/mol. The third-order valence-electron chi connectivity index (χ3n) is 8.45. The second-order valence-corrected chi connectivity index (χ2v) is 9.78. The zero-order valence-electron chi connectivity index (χ0n) is 18.7. The van der Waals surface area contributed by atoms with E-state index < -0.39 is 11.7 Å². The van der Waals surface area contributed by atoms with E-state index in [2.05, 4.69) is 6.07 Å². The van der Waals surface area contributed by atoms with Crippen molar-refractivity contribution in [1.82, 2.24) is 4.90 Å². The smallest absolute Gasteiger partial charge is 0.224 e. The fraction of sp³-hybridized carbons (Fsp3) is 0.680. The summed E-state index contributed by atoms with van der Waals surface area (Å²) in [7, 11) is 1.81. The highest BCUT2D eigenvalue weighted by Crippen LogP contribution is 2.62. The van der Waals surface area contributed by atoms with Crippen molar-refractivity contribution in [3.8, 4) is 0 Å². The minimum atomic E-state index is -0.886. The predicted octanol–water partition coefficient (Wildman–Crippen LogP) is 2.55. The van der Waals surface area contributed by atoms with Gasteiger partial charge in [0.05, 0.1) is 24.9 Å². The fourth-order valence-corrected chi connectivity index (χ4v) is 7.00. The average Bonchev–Trinajstić information content (AvgIpc) is 3.03. The molecule has 7 heteroatoms. The minimum absolute atomic E-state index is 0. The van der Waals surface area contributed by atoms with Crippen molar-refractivity contribution < 1.29 is 24.2 Å². The quantitative estimate of drug-likeness (QED) is 0.775. The Morgan fingerprint density at radius 3 is 2.66 bits per heavy atom. The molecule has 7 nitrogen and oxygen atoms in total. The predicted molar refractivity (Wildman–Crippen MR) is 121 cm³/mol. The van der Waals surface area contributed by atoms with Gasteiger partial charge in [0.15, 0.2) is 6.29 Å². The van der Waals surface area contributed by atoms with Crippen molar-refractivity contribution in [3.63, 3.8) is 0 Å². The lowest BCUT2D eigenvalue weighted by atomic mass is 9.53. The summed E-state index contributed by atoms with van der Waals surface area (Å²) in [6, 6.07) is 7.95. The molecule has 5 rings (SSSR count). The third kappa shape index (κ3) is 3.05. The Kier molecular flexibility index (Phi) is 5.89. The van der Waals surface area contributed by atoms with Crippen LogP contribution in [0.2, 0.25) is 0 Å². The Labute approximate surface area is 190 Å². The van der Waals surface area contributed by atoms with E-state index in [0.717, 1.165) is 17.7 Å². The van der Waals surface area contributed by atoms with Crippen LogP contribution in [0.4, 0.5) is 5.69 Å². The van der Waals surface area contributed by atoms with E-state index in [1.165, 1.54) is 0 Å². The number of rotatable bonds is 3. The highest BCUT2D eigenvalue weighted by Gasteiger charge is 2.68. The highest BCUT2D eigenvalue weighted by atomic mass is 16.6. The lowest BCUT2D eigenvalue weighted by molar-refractivity contribution is -0.297. The van der Waals surface area contributed by atoms with E-state index in [0.29, 0.717) is 19.6 Å². The molecular formula is C25H36N2O5. The molecule has 3 fully saturated rings. The first-order valence-electron chi connectivity index (χ1n) is 11.3. The highest BCUT2D eigenvalue weighted by molar-refractivity contribution is 5.96. The molecule has 0 radical (unpaired) electrons. The zero-order valence-corrected chi connectivity index (χ0v) is 18.7. The van der Waals surface area contributed by atoms with Crippen LogP contribution in [-0.4, -0.2) is 66.6 Å². The molecule has 176 valence electrons.